The molecule has 1 N–H and O–H groups in total. The van der Waals surface area contributed by atoms with Crippen LogP contribution in [0.1, 0.15) is 34.5 Å². The van der Waals surface area contributed by atoms with E-state index in [-0.39, 0.29) is 37.1 Å². The van der Waals surface area contributed by atoms with Gasteiger partial charge in [0.15, 0.2) is 0 Å². The molecule has 5 rings (SSSR count). The number of sulfonamides is 1. The molecule has 0 unspecified atom stereocenters. The Morgan fingerprint density at radius 3 is 2.49 bits per heavy atom. The molecule has 0 spiro atoms. The van der Waals surface area contributed by atoms with E-state index in [0.717, 1.165) is 16.5 Å². The minimum Gasteiger partial charge on any atom is -0.492 e. The minimum absolute atomic E-state index is 0.143. The highest BCUT2D eigenvalue weighted by atomic mass is 35.5. The number of likely N-dealkylation sites (tertiary alicyclic amines) is 1. The van der Waals surface area contributed by atoms with Gasteiger partial charge in [0.25, 0.3) is 5.91 Å². The fraction of sp³-hybridized carbons (Fsp3) is 0.312. The Hall–Kier alpha value is -4.02. The van der Waals surface area contributed by atoms with E-state index in [1.165, 1.54) is 4.90 Å². The molecule has 4 aromatic rings. The summed E-state index contributed by atoms with van der Waals surface area (Å²) in [5.41, 5.74) is 2.47. The number of hydrogen-bond acceptors (Lipinski definition) is 6. The lowest BCUT2D eigenvalue weighted by atomic mass is 10.0. The predicted molar refractivity (Wildman–Crippen MR) is 166 cm³/mol. The maximum Gasteiger partial charge on any atom is 0.410 e. The lowest BCUT2D eigenvalue weighted by Gasteiger charge is -2.31. The number of para-hydroxylation sites is 1. The number of nitrogens with one attached hydrogen (secondary N) is 1. The van der Waals surface area contributed by atoms with Crippen LogP contribution in [0.3, 0.4) is 0 Å². The summed E-state index contributed by atoms with van der Waals surface area (Å²) in [7, 11) is -4.02. The topological polar surface area (TPSA) is 107 Å². The summed E-state index contributed by atoms with van der Waals surface area (Å²) >= 11 is 6.25. The molecule has 2 amide bonds. The Balaban J connectivity index is 1.26. The van der Waals surface area contributed by atoms with Gasteiger partial charge in [-0.15, -0.1) is 0 Å². The van der Waals surface area contributed by atoms with Gasteiger partial charge in [-0.1, -0.05) is 60.1 Å². The smallest absolute Gasteiger partial charge is 0.410 e. The van der Waals surface area contributed by atoms with Crippen LogP contribution >= 0.6 is 11.6 Å². The minimum atomic E-state index is -4.02. The van der Waals surface area contributed by atoms with Gasteiger partial charge >= 0.3 is 6.09 Å². The Morgan fingerprint density at radius 2 is 1.74 bits per heavy atom. The monoisotopic (exact) mass is 623 g/mol. The second-order valence-corrected chi connectivity index (χ2v) is 12.9. The van der Waals surface area contributed by atoms with Crippen molar-refractivity contribution in [3.63, 3.8) is 0 Å². The molecular weight excluding hydrogens is 590 g/mol. The zero-order chi connectivity index (χ0) is 30.4. The van der Waals surface area contributed by atoms with Crippen molar-refractivity contribution in [2.24, 2.45) is 5.92 Å². The third kappa shape index (κ3) is 7.69. The Bertz CT molecular complexity index is 1690. The van der Waals surface area contributed by atoms with Crippen molar-refractivity contribution in [1.82, 2.24) is 14.2 Å². The van der Waals surface area contributed by atoms with E-state index < -0.39 is 22.0 Å². The van der Waals surface area contributed by atoms with E-state index in [9.17, 15) is 18.0 Å². The highest BCUT2D eigenvalue weighted by Gasteiger charge is 2.30. The Morgan fingerprint density at radius 1 is 1.02 bits per heavy atom. The summed E-state index contributed by atoms with van der Waals surface area (Å²) in [5, 5.41) is 1.27. The summed E-state index contributed by atoms with van der Waals surface area (Å²) in [6.45, 7) is 3.22. The second-order valence-electron chi connectivity index (χ2n) is 10.7. The Kier molecular flexibility index (Phi) is 9.57. The first-order valence-electron chi connectivity index (χ1n) is 14.2. The fourth-order valence-corrected chi connectivity index (χ4v) is 7.04. The van der Waals surface area contributed by atoms with E-state index in [4.69, 9.17) is 21.1 Å². The number of ether oxygens (including phenoxy) is 2. The zero-order valence-electron chi connectivity index (χ0n) is 23.9. The molecule has 226 valence electrons. The Labute approximate surface area is 256 Å². The number of fused-ring (bicyclic) bond motifs is 1. The second kappa shape index (κ2) is 13.5. The lowest BCUT2D eigenvalue weighted by Crippen LogP contribution is -2.44. The molecule has 1 aliphatic heterocycles. The van der Waals surface area contributed by atoms with Crippen LogP contribution in [0.15, 0.2) is 78.9 Å². The highest BCUT2D eigenvalue weighted by molar-refractivity contribution is 7.90. The van der Waals surface area contributed by atoms with Gasteiger partial charge in [-0.2, -0.15) is 0 Å². The number of carbonyl (C=O) groups excluding carboxylic acids is 2. The number of benzene rings is 3. The van der Waals surface area contributed by atoms with Crippen molar-refractivity contribution in [3.8, 4) is 5.75 Å². The van der Waals surface area contributed by atoms with E-state index in [1.54, 1.807) is 23.6 Å². The molecule has 1 aliphatic rings. The van der Waals surface area contributed by atoms with Crippen molar-refractivity contribution >= 4 is 44.5 Å². The molecule has 1 saturated heterocycles. The van der Waals surface area contributed by atoms with E-state index in [2.05, 4.69) is 4.72 Å². The summed E-state index contributed by atoms with van der Waals surface area (Å²) in [5.74, 6) is -0.658. The maximum absolute atomic E-state index is 13.6. The summed E-state index contributed by atoms with van der Waals surface area (Å²) in [6.07, 6.45) is 0.780. The van der Waals surface area contributed by atoms with Crippen molar-refractivity contribution in [2.45, 2.75) is 32.9 Å². The summed E-state index contributed by atoms with van der Waals surface area (Å²) < 4.78 is 41.8. The van der Waals surface area contributed by atoms with Crippen molar-refractivity contribution < 1.29 is 27.5 Å². The first kappa shape index (κ1) is 30.4. The molecule has 11 heteroatoms. The van der Waals surface area contributed by atoms with Crippen LogP contribution in [0.4, 0.5) is 4.79 Å². The molecule has 1 fully saturated rings. The number of amides is 2. The predicted octanol–water partition coefficient (Wildman–Crippen LogP) is 5.79. The van der Waals surface area contributed by atoms with Gasteiger partial charge < -0.3 is 18.9 Å². The standard InChI is InChI=1S/C32H34ClN3O6S/c1-23-28-19-26(33)14-15-29(28)36(17-18-41-27-12-6-3-7-13-27)30(23)31(37)34-43(39,40)22-25-11-8-16-35(20-25)32(38)42-21-24-9-4-2-5-10-24/h2-7,9-10,12-15,19,25H,8,11,16-18,20-22H2,1H3,(H,34,37)/t25-/m1/s1. The first-order valence-corrected chi connectivity index (χ1v) is 16.2. The number of rotatable bonds is 10. The molecule has 0 bridgehead atoms. The van der Waals surface area contributed by atoms with Gasteiger partial charge in [-0.25, -0.2) is 17.9 Å². The fourth-order valence-electron chi connectivity index (χ4n) is 5.51. The van der Waals surface area contributed by atoms with E-state index >= 15 is 0 Å². The number of hydrogen-bond donors (Lipinski definition) is 1. The summed E-state index contributed by atoms with van der Waals surface area (Å²) in [4.78, 5) is 27.8. The van der Waals surface area contributed by atoms with Crippen LogP contribution in [0, 0.1) is 12.8 Å². The normalized spacial score (nSPS) is 15.3. The molecule has 3 aromatic carbocycles. The summed E-state index contributed by atoms with van der Waals surface area (Å²) in [6, 6.07) is 24.0. The van der Waals surface area contributed by atoms with Crippen LogP contribution in [0.25, 0.3) is 10.9 Å². The van der Waals surface area contributed by atoms with Gasteiger partial charge in [0.2, 0.25) is 10.0 Å². The van der Waals surface area contributed by atoms with Crippen molar-refractivity contribution in [1.29, 1.82) is 0 Å². The highest BCUT2D eigenvalue weighted by Crippen LogP contribution is 2.29. The third-order valence-corrected chi connectivity index (χ3v) is 9.15. The number of carbonyl (C=O) groups is 2. The van der Waals surface area contributed by atoms with Gasteiger partial charge in [-0.05, 0) is 67.1 Å². The lowest BCUT2D eigenvalue weighted by molar-refractivity contribution is 0.0811. The van der Waals surface area contributed by atoms with Gasteiger partial charge in [-0.3, -0.25) is 4.79 Å². The van der Waals surface area contributed by atoms with Crippen LogP contribution in [0.5, 0.6) is 5.75 Å². The van der Waals surface area contributed by atoms with E-state index in [1.807, 2.05) is 66.7 Å². The molecular formula is C32H34ClN3O6S. The molecule has 9 nitrogen and oxygen atoms in total. The van der Waals surface area contributed by atoms with Crippen LogP contribution in [-0.4, -0.2) is 55.3 Å². The first-order chi connectivity index (χ1) is 20.7. The maximum atomic E-state index is 13.6. The van der Waals surface area contributed by atoms with Crippen LogP contribution in [0.2, 0.25) is 5.02 Å². The van der Waals surface area contributed by atoms with Crippen molar-refractivity contribution in [3.05, 3.63) is 101 Å². The number of piperidine rings is 1. The molecule has 43 heavy (non-hydrogen) atoms. The number of nitrogens with zero attached hydrogens (tertiary/aromatic N) is 2. The number of aryl methyl sites for hydroxylation is 1. The third-order valence-electron chi connectivity index (χ3n) is 7.51. The SMILES string of the molecule is Cc1c(C(=O)NS(=O)(=O)C[C@@H]2CCCN(C(=O)OCc3ccccc3)C2)n(CCOc2ccccc2)c2ccc(Cl)cc12. The van der Waals surface area contributed by atoms with Gasteiger partial charge in [0, 0.05) is 29.0 Å². The molecule has 0 saturated carbocycles. The van der Waals surface area contributed by atoms with Crippen LogP contribution < -0.4 is 9.46 Å². The number of aromatic nitrogens is 1. The molecule has 0 aliphatic carbocycles. The zero-order valence-corrected chi connectivity index (χ0v) is 25.4. The van der Waals surface area contributed by atoms with Gasteiger partial charge in [0.1, 0.15) is 24.7 Å². The average Bonchev–Trinajstić information content (AvgIpc) is 3.27. The molecule has 2 heterocycles. The van der Waals surface area contributed by atoms with Crippen LogP contribution in [-0.2, 0) is 27.9 Å². The number of halogens is 1. The largest absolute Gasteiger partial charge is 0.492 e. The van der Waals surface area contributed by atoms with Gasteiger partial charge in [0.05, 0.1) is 12.3 Å². The molecule has 1 aromatic heterocycles. The van der Waals surface area contributed by atoms with Crippen molar-refractivity contribution in [2.75, 3.05) is 25.4 Å². The molecule has 0 radical (unpaired) electrons. The average molecular weight is 624 g/mol. The quantitative estimate of drug-likeness (QED) is 0.240. The molecule has 1 atom stereocenters. The van der Waals surface area contributed by atoms with E-state index in [0.29, 0.717) is 42.3 Å².